The van der Waals surface area contributed by atoms with E-state index in [0.717, 1.165) is 11.3 Å². The van der Waals surface area contributed by atoms with Gasteiger partial charge in [-0.3, -0.25) is 4.68 Å². The Balaban J connectivity index is 2.21. The molecule has 114 valence electrons. The van der Waals surface area contributed by atoms with Crippen molar-refractivity contribution in [3.8, 4) is 0 Å². The van der Waals surface area contributed by atoms with Gasteiger partial charge in [0.25, 0.3) is 10.0 Å². The number of hydrogen-bond acceptors (Lipinski definition) is 5. The summed E-state index contributed by atoms with van der Waals surface area (Å²) in [5.74, 6) is 0. The Labute approximate surface area is 124 Å². The second-order valence-corrected chi connectivity index (χ2v) is 6.27. The van der Waals surface area contributed by atoms with E-state index in [0.29, 0.717) is 12.2 Å². The SMILES string of the molecule is CCNc1cccnc1S(=O)(=O)NCc1cnn(C)c1C. The van der Waals surface area contributed by atoms with Crippen LogP contribution in [0.5, 0.6) is 0 Å². The number of hydrogen-bond donors (Lipinski definition) is 2. The average molecular weight is 309 g/mol. The topological polar surface area (TPSA) is 88.9 Å². The number of aromatic nitrogens is 3. The lowest BCUT2D eigenvalue weighted by molar-refractivity contribution is 0.577. The molecule has 0 aliphatic rings. The zero-order valence-corrected chi connectivity index (χ0v) is 13.1. The fourth-order valence-corrected chi connectivity index (χ4v) is 3.00. The molecule has 2 rings (SSSR count). The van der Waals surface area contributed by atoms with E-state index in [2.05, 4.69) is 20.1 Å². The van der Waals surface area contributed by atoms with Gasteiger partial charge in [0, 0.05) is 37.6 Å². The largest absolute Gasteiger partial charge is 0.383 e. The first kappa shape index (κ1) is 15.5. The summed E-state index contributed by atoms with van der Waals surface area (Å²) in [6.45, 7) is 4.59. The van der Waals surface area contributed by atoms with E-state index in [4.69, 9.17) is 0 Å². The van der Waals surface area contributed by atoms with Gasteiger partial charge in [-0.25, -0.2) is 18.1 Å². The molecule has 8 heteroatoms. The fourth-order valence-electron chi connectivity index (χ4n) is 1.89. The van der Waals surface area contributed by atoms with Gasteiger partial charge in [-0.15, -0.1) is 0 Å². The minimum Gasteiger partial charge on any atom is -0.383 e. The molecule has 0 saturated heterocycles. The van der Waals surface area contributed by atoms with Crippen molar-refractivity contribution in [2.24, 2.45) is 7.05 Å². The van der Waals surface area contributed by atoms with Crippen molar-refractivity contribution in [2.75, 3.05) is 11.9 Å². The average Bonchev–Trinajstić information content (AvgIpc) is 2.78. The summed E-state index contributed by atoms with van der Waals surface area (Å²) in [7, 11) is -1.86. The molecule has 2 heterocycles. The van der Waals surface area contributed by atoms with Gasteiger partial charge >= 0.3 is 0 Å². The summed E-state index contributed by atoms with van der Waals surface area (Å²) < 4.78 is 29.0. The van der Waals surface area contributed by atoms with Crippen LogP contribution in [-0.2, 0) is 23.6 Å². The van der Waals surface area contributed by atoms with Gasteiger partial charge < -0.3 is 5.32 Å². The van der Waals surface area contributed by atoms with Gasteiger partial charge in [-0.1, -0.05) is 0 Å². The predicted octanol–water partition coefficient (Wildman–Crippen LogP) is 1.03. The standard InChI is InChI=1S/C13H19N5O2S/c1-4-14-12-6-5-7-15-13(12)21(19,20)17-9-11-8-16-18(3)10(11)2/h5-8,14,17H,4,9H2,1-3H3. The van der Waals surface area contributed by atoms with E-state index >= 15 is 0 Å². The predicted molar refractivity (Wildman–Crippen MR) is 80.4 cm³/mol. The van der Waals surface area contributed by atoms with Crippen molar-refractivity contribution >= 4 is 15.7 Å². The number of aryl methyl sites for hydroxylation is 1. The molecule has 0 saturated carbocycles. The lowest BCUT2D eigenvalue weighted by atomic mass is 10.3. The molecular weight excluding hydrogens is 290 g/mol. The van der Waals surface area contributed by atoms with Crippen molar-refractivity contribution in [3.63, 3.8) is 0 Å². The van der Waals surface area contributed by atoms with Gasteiger partial charge in [0.05, 0.1) is 11.9 Å². The quantitative estimate of drug-likeness (QED) is 0.832. The van der Waals surface area contributed by atoms with Crippen LogP contribution in [-0.4, -0.2) is 29.7 Å². The summed E-state index contributed by atoms with van der Waals surface area (Å²) in [6, 6.07) is 3.39. The molecule has 0 aromatic carbocycles. The summed E-state index contributed by atoms with van der Waals surface area (Å²) in [5.41, 5.74) is 2.25. The van der Waals surface area contributed by atoms with Crippen LogP contribution in [0, 0.1) is 6.92 Å². The number of rotatable bonds is 6. The zero-order chi connectivity index (χ0) is 15.5. The van der Waals surface area contributed by atoms with E-state index in [9.17, 15) is 8.42 Å². The first-order valence-electron chi connectivity index (χ1n) is 6.61. The lowest BCUT2D eigenvalue weighted by Gasteiger charge is -2.11. The summed E-state index contributed by atoms with van der Waals surface area (Å²) in [6.07, 6.45) is 3.12. The minimum atomic E-state index is -3.68. The second kappa shape index (κ2) is 6.23. The molecule has 21 heavy (non-hydrogen) atoms. The van der Waals surface area contributed by atoms with Crippen LogP contribution >= 0.6 is 0 Å². The number of anilines is 1. The smallest absolute Gasteiger partial charge is 0.260 e. The molecule has 0 aliphatic heterocycles. The molecule has 0 bridgehead atoms. The van der Waals surface area contributed by atoms with Crippen LogP contribution < -0.4 is 10.0 Å². The van der Waals surface area contributed by atoms with Crippen LogP contribution in [0.1, 0.15) is 18.2 Å². The summed E-state index contributed by atoms with van der Waals surface area (Å²) in [4.78, 5) is 3.98. The van der Waals surface area contributed by atoms with Gasteiger partial charge in [0.15, 0.2) is 5.03 Å². The lowest BCUT2D eigenvalue weighted by Crippen LogP contribution is -2.25. The Kier molecular flexibility index (Phi) is 4.59. The number of nitrogens with zero attached hydrogens (tertiary/aromatic N) is 3. The zero-order valence-electron chi connectivity index (χ0n) is 12.3. The van der Waals surface area contributed by atoms with Crippen molar-refractivity contribution in [1.29, 1.82) is 0 Å². The third kappa shape index (κ3) is 3.40. The van der Waals surface area contributed by atoms with Crippen LogP contribution in [0.25, 0.3) is 0 Å². The Morgan fingerprint density at radius 3 is 2.76 bits per heavy atom. The van der Waals surface area contributed by atoms with Crippen LogP contribution in [0.3, 0.4) is 0 Å². The van der Waals surface area contributed by atoms with E-state index in [1.807, 2.05) is 20.9 Å². The highest BCUT2D eigenvalue weighted by Gasteiger charge is 2.20. The molecule has 0 spiro atoms. The Morgan fingerprint density at radius 1 is 1.38 bits per heavy atom. The third-order valence-corrected chi connectivity index (χ3v) is 4.54. The maximum Gasteiger partial charge on any atom is 0.260 e. The van der Waals surface area contributed by atoms with E-state index in [-0.39, 0.29) is 11.6 Å². The second-order valence-electron chi connectivity index (χ2n) is 4.59. The van der Waals surface area contributed by atoms with Crippen LogP contribution in [0.2, 0.25) is 0 Å². The molecule has 0 unspecified atom stereocenters. The number of nitrogens with one attached hydrogen (secondary N) is 2. The van der Waals surface area contributed by atoms with Gasteiger partial charge in [0.1, 0.15) is 0 Å². The Morgan fingerprint density at radius 2 is 2.14 bits per heavy atom. The van der Waals surface area contributed by atoms with Gasteiger partial charge in [-0.2, -0.15) is 5.10 Å². The molecule has 0 radical (unpaired) electrons. The third-order valence-electron chi connectivity index (χ3n) is 3.18. The fraction of sp³-hybridized carbons (Fsp3) is 0.385. The molecule has 2 aromatic heterocycles. The molecule has 0 amide bonds. The number of pyridine rings is 1. The van der Waals surface area contributed by atoms with Crippen LogP contribution in [0.15, 0.2) is 29.6 Å². The molecule has 7 nitrogen and oxygen atoms in total. The first-order valence-corrected chi connectivity index (χ1v) is 8.10. The van der Waals surface area contributed by atoms with Gasteiger partial charge in [0.2, 0.25) is 0 Å². The minimum absolute atomic E-state index is 0.00777. The molecule has 0 fully saturated rings. The normalized spacial score (nSPS) is 11.6. The van der Waals surface area contributed by atoms with E-state index < -0.39 is 10.0 Å². The summed E-state index contributed by atoms with van der Waals surface area (Å²) >= 11 is 0. The van der Waals surface area contributed by atoms with Crippen molar-refractivity contribution in [3.05, 3.63) is 35.8 Å². The van der Waals surface area contributed by atoms with Gasteiger partial charge in [-0.05, 0) is 26.0 Å². The maximum absolute atomic E-state index is 12.4. The Hall–Kier alpha value is -1.93. The van der Waals surface area contributed by atoms with Crippen molar-refractivity contribution < 1.29 is 8.42 Å². The highest BCUT2D eigenvalue weighted by Crippen LogP contribution is 2.18. The van der Waals surface area contributed by atoms with Crippen LogP contribution in [0.4, 0.5) is 5.69 Å². The van der Waals surface area contributed by atoms with E-state index in [1.54, 1.807) is 23.0 Å². The number of sulfonamides is 1. The van der Waals surface area contributed by atoms with Crippen molar-refractivity contribution in [2.45, 2.75) is 25.4 Å². The molecule has 0 aliphatic carbocycles. The summed E-state index contributed by atoms with van der Waals surface area (Å²) in [5, 5.41) is 7.10. The first-order chi connectivity index (χ1) is 9.95. The maximum atomic E-state index is 12.4. The monoisotopic (exact) mass is 309 g/mol. The Bertz CT molecular complexity index is 724. The highest BCUT2D eigenvalue weighted by molar-refractivity contribution is 7.89. The molecule has 2 aromatic rings. The highest BCUT2D eigenvalue weighted by atomic mass is 32.2. The molecule has 2 N–H and O–H groups in total. The van der Waals surface area contributed by atoms with Crippen molar-refractivity contribution in [1.82, 2.24) is 19.5 Å². The van der Waals surface area contributed by atoms with E-state index in [1.165, 1.54) is 6.20 Å². The molecular formula is C13H19N5O2S. The molecule has 0 atom stereocenters.